The molecule has 1 aliphatic rings. The Labute approximate surface area is 74.9 Å². The quantitative estimate of drug-likeness (QED) is 0.589. The molecule has 1 unspecified atom stereocenters. The van der Waals surface area contributed by atoms with Crippen molar-refractivity contribution >= 4 is 9.84 Å². The van der Waals surface area contributed by atoms with Crippen molar-refractivity contribution in [3.63, 3.8) is 0 Å². The summed E-state index contributed by atoms with van der Waals surface area (Å²) in [5, 5.41) is -0.0856. The van der Waals surface area contributed by atoms with E-state index in [4.69, 9.17) is 0 Å². The predicted molar refractivity (Wildman–Crippen MR) is 49.7 cm³/mol. The molecule has 0 amide bonds. The number of rotatable bonds is 2. The Morgan fingerprint density at radius 3 is 2.25 bits per heavy atom. The molecule has 12 heavy (non-hydrogen) atoms. The van der Waals surface area contributed by atoms with Crippen LogP contribution in [0, 0.1) is 0 Å². The molecule has 0 N–H and O–H groups in total. The van der Waals surface area contributed by atoms with Crippen molar-refractivity contribution in [3.05, 3.63) is 0 Å². The van der Waals surface area contributed by atoms with Crippen LogP contribution in [0.15, 0.2) is 0 Å². The summed E-state index contributed by atoms with van der Waals surface area (Å²) in [6.45, 7) is 0.752. The van der Waals surface area contributed by atoms with Crippen molar-refractivity contribution in [2.75, 3.05) is 33.4 Å². The van der Waals surface area contributed by atoms with Crippen molar-refractivity contribution in [2.24, 2.45) is 0 Å². The van der Waals surface area contributed by atoms with Crippen LogP contribution < -0.4 is 0 Å². The molecule has 0 radical (unpaired) electrons. The highest BCUT2D eigenvalue weighted by Gasteiger charge is 2.35. The topological polar surface area (TPSA) is 34.1 Å². The Kier molecular flexibility index (Phi) is 2.50. The molecule has 1 fully saturated rings. The molecule has 0 aromatic rings. The second-order valence-corrected chi connectivity index (χ2v) is 7.00. The highest BCUT2D eigenvalue weighted by molar-refractivity contribution is 7.92. The van der Waals surface area contributed by atoms with Crippen LogP contribution >= 0.6 is 0 Å². The summed E-state index contributed by atoms with van der Waals surface area (Å²) in [5.74, 6) is 0.400. The summed E-state index contributed by atoms with van der Waals surface area (Å²) in [6, 6.07) is 0. The molecule has 1 saturated heterocycles. The molecule has 0 saturated carbocycles. The molecule has 1 atom stereocenters. The average Bonchev–Trinajstić information content (AvgIpc) is 2.07. The minimum absolute atomic E-state index is 0.0856. The van der Waals surface area contributed by atoms with E-state index in [-0.39, 0.29) is 5.25 Å². The maximum absolute atomic E-state index is 11.4. The zero-order chi connectivity index (χ0) is 9.41. The van der Waals surface area contributed by atoms with Crippen LogP contribution in [0.2, 0.25) is 0 Å². The van der Waals surface area contributed by atoms with Crippen LogP contribution in [0.25, 0.3) is 0 Å². The molecular weight excluding hydrogens is 174 g/mol. The summed E-state index contributed by atoms with van der Waals surface area (Å²) in [5.41, 5.74) is 0. The van der Waals surface area contributed by atoms with Crippen molar-refractivity contribution in [1.82, 2.24) is 0 Å². The predicted octanol–water partition coefficient (Wildman–Crippen LogP) is 0.270. The van der Waals surface area contributed by atoms with Crippen LogP contribution in [0.4, 0.5) is 0 Å². The lowest BCUT2D eigenvalue weighted by Crippen LogP contribution is -2.42. The number of hydrogen-bond donors (Lipinski definition) is 0. The van der Waals surface area contributed by atoms with Gasteiger partial charge in [0.05, 0.1) is 33.4 Å². The van der Waals surface area contributed by atoms with E-state index in [1.165, 1.54) is 0 Å². The van der Waals surface area contributed by atoms with E-state index in [1.54, 1.807) is 0 Å². The fourth-order valence-corrected chi connectivity index (χ4v) is 3.78. The maximum Gasteiger partial charge on any atom is 0.158 e. The van der Waals surface area contributed by atoms with Crippen LogP contribution in [-0.4, -0.2) is 51.6 Å². The van der Waals surface area contributed by atoms with E-state index < -0.39 is 9.84 Å². The fourth-order valence-electron chi connectivity index (χ4n) is 1.67. The highest BCUT2D eigenvalue weighted by atomic mass is 32.2. The van der Waals surface area contributed by atoms with Crippen LogP contribution in [0.1, 0.15) is 12.8 Å². The second kappa shape index (κ2) is 3.00. The fraction of sp³-hybridized carbons (Fsp3) is 1.00. The molecule has 1 rings (SSSR count). The third-order valence-electron chi connectivity index (χ3n) is 2.21. The Morgan fingerprint density at radius 2 is 1.92 bits per heavy atom. The Hall–Kier alpha value is -0.0900. The Balaban J connectivity index is 2.66. The lowest BCUT2D eigenvalue weighted by Gasteiger charge is -2.26. The molecule has 0 aromatic carbocycles. The van der Waals surface area contributed by atoms with Crippen LogP contribution in [0.5, 0.6) is 0 Å². The van der Waals surface area contributed by atoms with E-state index >= 15 is 0 Å². The molecule has 72 valence electrons. The van der Waals surface area contributed by atoms with Crippen LogP contribution in [-0.2, 0) is 9.84 Å². The minimum atomic E-state index is -2.74. The van der Waals surface area contributed by atoms with Gasteiger partial charge in [-0.2, -0.15) is 0 Å². The molecule has 0 spiro atoms. The molecule has 0 aromatic heterocycles. The Morgan fingerprint density at radius 1 is 1.33 bits per heavy atom. The van der Waals surface area contributed by atoms with E-state index in [9.17, 15) is 8.42 Å². The lowest BCUT2D eigenvalue weighted by molar-refractivity contribution is -0.869. The van der Waals surface area contributed by atoms with Crippen molar-refractivity contribution in [3.8, 4) is 0 Å². The van der Waals surface area contributed by atoms with Crippen LogP contribution in [0.3, 0.4) is 0 Å². The van der Waals surface area contributed by atoms with Gasteiger partial charge in [-0.05, 0) is 12.8 Å². The van der Waals surface area contributed by atoms with Gasteiger partial charge in [0.15, 0.2) is 9.84 Å². The van der Waals surface area contributed by atoms with Gasteiger partial charge in [0.2, 0.25) is 0 Å². The van der Waals surface area contributed by atoms with Gasteiger partial charge in [-0.3, -0.25) is 0 Å². The largest absolute Gasteiger partial charge is 0.330 e. The summed E-state index contributed by atoms with van der Waals surface area (Å²) >= 11 is 0. The summed E-state index contributed by atoms with van der Waals surface area (Å²) in [7, 11) is 3.37. The smallest absolute Gasteiger partial charge is 0.158 e. The van der Waals surface area contributed by atoms with Gasteiger partial charge in [0.1, 0.15) is 5.25 Å². The van der Waals surface area contributed by atoms with Crippen molar-refractivity contribution in [2.45, 2.75) is 18.1 Å². The zero-order valence-corrected chi connectivity index (χ0v) is 8.89. The van der Waals surface area contributed by atoms with Gasteiger partial charge in [-0.25, -0.2) is 8.42 Å². The monoisotopic (exact) mass is 192 g/mol. The SMILES string of the molecule is C[N+](C)(C)CC1CCCS1(=O)=O. The van der Waals surface area contributed by atoms with E-state index in [0.717, 1.165) is 23.9 Å². The van der Waals surface area contributed by atoms with E-state index in [0.29, 0.717) is 5.75 Å². The first-order chi connectivity index (χ1) is 5.31. The number of quaternary nitrogens is 1. The highest BCUT2D eigenvalue weighted by Crippen LogP contribution is 2.21. The van der Waals surface area contributed by atoms with Crippen molar-refractivity contribution in [1.29, 1.82) is 0 Å². The van der Waals surface area contributed by atoms with Gasteiger partial charge in [-0.1, -0.05) is 0 Å². The minimum Gasteiger partial charge on any atom is -0.330 e. The average molecular weight is 192 g/mol. The van der Waals surface area contributed by atoms with Gasteiger partial charge < -0.3 is 4.48 Å². The molecule has 0 aliphatic carbocycles. The molecule has 1 heterocycles. The summed E-state index contributed by atoms with van der Waals surface area (Å²) in [6.07, 6.45) is 1.71. The van der Waals surface area contributed by atoms with Gasteiger partial charge in [0, 0.05) is 0 Å². The first-order valence-electron chi connectivity index (χ1n) is 4.33. The molecule has 4 heteroatoms. The maximum atomic E-state index is 11.4. The molecular formula is C8H18NO2S+. The second-order valence-electron chi connectivity index (χ2n) is 4.60. The van der Waals surface area contributed by atoms with E-state index in [2.05, 4.69) is 0 Å². The van der Waals surface area contributed by atoms with Gasteiger partial charge in [0.25, 0.3) is 0 Å². The van der Waals surface area contributed by atoms with Gasteiger partial charge in [-0.15, -0.1) is 0 Å². The zero-order valence-electron chi connectivity index (χ0n) is 8.08. The summed E-state index contributed by atoms with van der Waals surface area (Å²) < 4.78 is 23.6. The lowest BCUT2D eigenvalue weighted by atomic mass is 10.2. The standard InChI is InChI=1S/C8H18NO2S/c1-9(2,3)7-8-5-4-6-12(8,10)11/h8H,4-7H2,1-3H3/q+1. The third kappa shape index (κ3) is 2.45. The van der Waals surface area contributed by atoms with Gasteiger partial charge >= 0.3 is 0 Å². The molecule has 3 nitrogen and oxygen atoms in total. The normalized spacial score (nSPS) is 29.1. The first-order valence-corrected chi connectivity index (χ1v) is 6.05. The van der Waals surface area contributed by atoms with Crippen molar-refractivity contribution < 1.29 is 12.9 Å². The number of hydrogen-bond acceptors (Lipinski definition) is 2. The molecule has 1 aliphatic heterocycles. The first kappa shape index (κ1) is 9.99. The van der Waals surface area contributed by atoms with E-state index in [1.807, 2.05) is 21.1 Å². The third-order valence-corrected chi connectivity index (χ3v) is 4.47. The number of sulfone groups is 1. The summed E-state index contributed by atoms with van der Waals surface area (Å²) in [4.78, 5) is 0. The Bertz CT molecular complexity index is 251. The molecule has 0 bridgehead atoms. The number of nitrogens with zero attached hydrogens (tertiary/aromatic N) is 1.